The summed E-state index contributed by atoms with van der Waals surface area (Å²) in [5.41, 5.74) is 6.63. The minimum Gasteiger partial charge on any atom is -0.318 e. The molecule has 3 nitrogen and oxygen atoms in total. The predicted molar refractivity (Wildman–Crippen MR) is 43.9 cm³/mol. The lowest BCUT2D eigenvalue weighted by Crippen LogP contribution is -2.10. The number of nitrogens with two attached hydrogens (primary N) is 1. The van der Waals surface area contributed by atoms with Gasteiger partial charge in [-0.2, -0.15) is 0 Å². The van der Waals surface area contributed by atoms with Crippen LogP contribution in [0, 0.1) is 6.92 Å². The summed E-state index contributed by atoms with van der Waals surface area (Å²) in [6.45, 7) is 5.49. The molecule has 3 heteroatoms. The molecule has 11 heavy (non-hydrogen) atoms. The number of aromatic nitrogens is 2. The van der Waals surface area contributed by atoms with E-state index in [2.05, 4.69) is 16.5 Å². The first-order chi connectivity index (χ1) is 5.24. The van der Waals surface area contributed by atoms with E-state index in [0.29, 0.717) is 5.82 Å². The van der Waals surface area contributed by atoms with Crippen LogP contribution in [0.15, 0.2) is 25.0 Å². The van der Waals surface area contributed by atoms with Crippen molar-refractivity contribution in [3.05, 3.63) is 36.4 Å². The second-order valence-electron chi connectivity index (χ2n) is 2.38. The van der Waals surface area contributed by atoms with E-state index in [1.807, 2.05) is 6.92 Å². The van der Waals surface area contributed by atoms with Gasteiger partial charge in [0.1, 0.15) is 5.82 Å². The molecule has 0 aliphatic carbocycles. The molecule has 0 fully saturated rings. The summed E-state index contributed by atoms with van der Waals surface area (Å²) >= 11 is 0. The molecule has 1 heterocycles. The molecule has 0 radical (unpaired) electrons. The Bertz CT molecular complexity index is 240. The van der Waals surface area contributed by atoms with Crippen LogP contribution in [0.25, 0.3) is 0 Å². The summed E-state index contributed by atoms with van der Waals surface area (Å²) < 4.78 is 0. The molecular weight excluding hydrogens is 138 g/mol. The lowest BCUT2D eigenvalue weighted by atomic mass is 10.3. The summed E-state index contributed by atoms with van der Waals surface area (Å²) in [7, 11) is 0. The van der Waals surface area contributed by atoms with E-state index >= 15 is 0 Å². The van der Waals surface area contributed by atoms with E-state index in [9.17, 15) is 0 Å². The van der Waals surface area contributed by atoms with Gasteiger partial charge in [-0.1, -0.05) is 6.08 Å². The van der Waals surface area contributed by atoms with Gasteiger partial charge in [0.05, 0.1) is 6.04 Å². The molecular formula is C8H11N3. The van der Waals surface area contributed by atoms with Crippen LogP contribution in [0.5, 0.6) is 0 Å². The number of nitrogens with zero attached hydrogens (tertiary/aromatic N) is 2. The number of aryl methyl sites for hydroxylation is 1. The van der Waals surface area contributed by atoms with Gasteiger partial charge in [-0.05, 0) is 12.5 Å². The fraction of sp³-hybridized carbons (Fsp3) is 0.250. The van der Waals surface area contributed by atoms with Gasteiger partial charge in [0.2, 0.25) is 0 Å². The van der Waals surface area contributed by atoms with Crippen molar-refractivity contribution < 1.29 is 0 Å². The SMILES string of the molecule is C=CC(N)c1ncc(C)cn1. The Hall–Kier alpha value is -1.22. The van der Waals surface area contributed by atoms with Crippen LogP contribution in [0.1, 0.15) is 17.4 Å². The molecule has 1 aromatic rings. The van der Waals surface area contributed by atoms with Crippen molar-refractivity contribution in [2.45, 2.75) is 13.0 Å². The molecule has 0 aliphatic heterocycles. The molecule has 0 aromatic carbocycles. The zero-order valence-corrected chi connectivity index (χ0v) is 6.49. The maximum Gasteiger partial charge on any atom is 0.148 e. The Labute approximate surface area is 66.0 Å². The van der Waals surface area contributed by atoms with Gasteiger partial charge in [0, 0.05) is 12.4 Å². The summed E-state index contributed by atoms with van der Waals surface area (Å²) in [5.74, 6) is 0.616. The third kappa shape index (κ3) is 1.85. The van der Waals surface area contributed by atoms with Crippen LogP contribution < -0.4 is 5.73 Å². The van der Waals surface area contributed by atoms with Crippen molar-refractivity contribution >= 4 is 0 Å². The van der Waals surface area contributed by atoms with Crippen molar-refractivity contribution in [1.29, 1.82) is 0 Å². The van der Waals surface area contributed by atoms with E-state index in [1.54, 1.807) is 18.5 Å². The molecule has 0 saturated heterocycles. The molecule has 0 amide bonds. The Balaban J connectivity index is 2.89. The summed E-state index contributed by atoms with van der Waals surface area (Å²) in [4.78, 5) is 8.08. The average molecular weight is 149 g/mol. The molecule has 0 aliphatic rings. The monoisotopic (exact) mass is 149 g/mol. The molecule has 0 saturated carbocycles. The van der Waals surface area contributed by atoms with Crippen molar-refractivity contribution in [2.24, 2.45) is 5.73 Å². The van der Waals surface area contributed by atoms with E-state index in [4.69, 9.17) is 5.73 Å². The van der Waals surface area contributed by atoms with Gasteiger partial charge >= 0.3 is 0 Å². The number of hydrogen-bond acceptors (Lipinski definition) is 3. The molecule has 1 unspecified atom stereocenters. The van der Waals surface area contributed by atoms with Crippen LogP contribution in [0.2, 0.25) is 0 Å². The van der Waals surface area contributed by atoms with Crippen LogP contribution in [-0.4, -0.2) is 9.97 Å². The molecule has 58 valence electrons. The van der Waals surface area contributed by atoms with E-state index in [1.165, 1.54) is 0 Å². The lowest BCUT2D eigenvalue weighted by Gasteiger charge is -2.02. The molecule has 0 spiro atoms. The van der Waals surface area contributed by atoms with Crippen molar-refractivity contribution in [1.82, 2.24) is 9.97 Å². The summed E-state index contributed by atoms with van der Waals surface area (Å²) in [5, 5.41) is 0. The molecule has 0 bridgehead atoms. The maximum atomic E-state index is 5.60. The highest BCUT2D eigenvalue weighted by Gasteiger charge is 2.01. The summed E-state index contributed by atoms with van der Waals surface area (Å²) in [6.07, 6.45) is 5.10. The first kappa shape index (κ1) is 7.88. The van der Waals surface area contributed by atoms with Gasteiger partial charge in [-0.3, -0.25) is 0 Å². The Morgan fingerprint density at radius 1 is 1.55 bits per heavy atom. The Morgan fingerprint density at radius 3 is 2.55 bits per heavy atom. The normalized spacial score (nSPS) is 12.5. The highest BCUT2D eigenvalue weighted by molar-refractivity contribution is 5.07. The maximum absolute atomic E-state index is 5.60. The minimum atomic E-state index is -0.254. The number of rotatable bonds is 2. The quantitative estimate of drug-likeness (QED) is 0.637. The second-order valence-corrected chi connectivity index (χ2v) is 2.38. The van der Waals surface area contributed by atoms with Crippen molar-refractivity contribution in [3.63, 3.8) is 0 Å². The van der Waals surface area contributed by atoms with Gasteiger partial charge < -0.3 is 5.73 Å². The van der Waals surface area contributed by atoms with Gasteiger partial charge in [-0.25, -0.2) is 9.97 Å². The zero-order valence-electron chi connectivity index (χ0n) is 6.49. The van der Waals surface area contributed by atoms with Crippen molar-refractivity contribution in [3.8, 4) is 0 Å². The molecule has 1 atom stereocenters. The van der Waals surface area contributed by atoms with Gasteiger partial charge in [-0.15, -0.1) is 6.58 Å². The topological polar surface area (TPSA) is 51.8 Å². The molecule has 1 aromatic heterocycles. The molecule has 2 N–H and O–H groups in total. The lowest BCUT2D eigenvalue weighted by molar-refractivity contribution is 0.805. The first-order valence-corrected chi connectivity index (χ1v) is 3.40. The standard InChI is InChI=1S/C8H11N3/c1-3-7(9)8-10-4-6(2)5-11-8/h3-5,7H,1,9H2,2H3. The fourth-order valence-corrected chi connectivity index (χ4v) is 0.680. The Morgan fingerprint density at radius 2 is 2.09 bits per heavy atom. The van der Waals surface area contributed by atoms with Gasteiger partial charge in [0.25, 0.3) is 0 Å². The highest BCUT2D eigenvalue weighted by Crippen LogP contribution is 2.03. The van der Waals surface area contributed by atoms with E-state index < -0.39 is 0 Å². The van der Waals surface area contributed by atoms with Crippen LogP contribution >= 0.6 is 0 Å². The van der Waals surface area contributed by atoms with Crippen LogP contribution in [-0.2, 0) is 0 Å². The Kier molecular flexibility index (Phi) is 2.33. The van der Waals surface area contributed by atoms with E-state index in [-0.39, 0.29) is 6.04 Å². The zero-order chi connectivity index (χ0) is 8.27. The molecule has 1 rings (SSSR count). The highest BCUT2D eigenvalue weighted by atomic mass is 14.9. The van der Waals surface area contributed by atoms with Gasteiger partial charge in [0.15, 0.2) is 0 Å². The second kappa shape index (κ2) is 3.25. The van der Waals surface area contributed by atoms with Crippen LogP contribution in [0.4, 0.5) is 0 Å². The predicted octanol–water partition coefficient (Wildman–Crippen LogP) is 0.971. The largest absolute Gasteiger partial charge is 0.318 e. The third-order valence-electron chi connectivity index (χ3n) is 1.35. The average Bonchev–Trinajstić information content (AvgIpc) is 2.05. The minimum absolute atomic E-state index is 0.254. The third-order valence-corrected chi connectivity index (χ3v) is 1.35. The summed E-state index contributed by atoms with van der Waals surface area (Å²) in [6, 6.07) is -0.254. The van der Waals surface area contributed by atoms with Crippen molar-refractivity contribution in [2.75, 3.05) is 0 Å². The smallest absolute Gasteiger partial charge is 0.148 e. The number of hydrogen-bond donors (Lipinski definition) is 1. The van der Waals surface area contributed by atoms with E-state index in [0.717, 1.165) is 5.56 Å². The van der Waals surface area contributed by atoms with Crippen LogP contribution in [0.3, 0.4) is 0 Å². The fourth-order valence-electron chi connectivity index (χ4n) is 0.680. The first-order valence-electron chi connectivity index (χ1n) is 3.40.